The Kier molecular flexibility index (Phi) is 20.0. The number of nitrogens with one attached hydrogen (secondary N) is 2. The van der Waals surface area contributed by atoms with Crippen LogP contribution in [0.5, 0.6) is 23.0 Å². The molecule has 12 nitrogen and oxygen atoms in total. The number of aromatic amines is 2. The van der Waals surface area contributed by atoms with Gasteiger partial charge in [0.15, 0.2) is 23.3 Å². The van der Waals surface area contributed by atoms with Gasteiger partial charge in [-0.25, -0.2) is 29.9 Å². The van der Waals surface area contributed by atoms with Crippen LogP contribution in [0.1, 0.15) is 182 Å². The molecule has 4 aromatic carbocycles. The van der Waals surface area contributed by atoms with Crippen LogP contribution in [0, 0.1) is 0 Å². The molecule has 0 atom stereocenters. The Bertz CT molecular complexity index is 3160. The van der Waals surface area contributed by atoms with Crippen LogP contribution in [-0.2, 0) is 0 Å². The number of aromatic nitrogens is 8. The van der Waals surface area contributed by atoms with E-state index >= 15 is 0 Å². The number of H-pyrrole nitrogens is 2. The molecule has 2 aliphatic heterocycles. The molecule has 12 heteroatoms. The Hall–Kier alpha value is -6.56. The number of ether oxygens (including phenoxy) is 4. The number of unbranched alkanes of at least 4 members (excludes halogenated alkanes) is 20. The quantitative estimate of drug-likeness (QED) is 0.0391. The van der Waals surface area contributed by atoms with Crippen molar-refractivity contribution in [3.8, 4) is 68.5 Å². The predicted molar refractivity (Wildman–Crippen MR) is 312 cm³/mol. The molecule has 5 heterocycles. The lowest BCUT2D eigenvalue weighted by Gasteiger charge is -2.08. The van der Waals surface area contributed by atoms with Crippen LogP contribution >= 0.6 is 0 Å². The first-order chi connectivity index (χ1) is 37.5. The molecule has 0 radical (unpaired) electrons. The lowest BCUT2D eigenvalue weighted by molar-refractivity contribution is 0.304. The van der Waals surface area contributed by atoms with Gasteiger partial charge in [-0.2, -0.15) is 0 Å². The van der Waals surface area contributed by atoms with Crippen LogP contribution in [0.3, 0.4) is 0 Å². The van der Waals surface area contributed by atoms with E-state index in [2.05, 4.69) is 86.2 Å². The van der Waals surface area contributed by atoms with Gasteiger partial charge in [-0.05, 0) is 98.5 Å². The van der Waals surface area contributed by atoms with Gasteiger partial charge in [-0.1, -0.05) is 156 Å². The number of hydrogen-bond donors (Lipinski definition) is 2. The highest BCUT2D eigenvalue weighted by Crippen LogP contribution is 2.40. The number of fused-ring (bicyclic) bond motifs is 20. The first-order valence-corrected chi connectivity index (χ1v) is 29.4. The van der Waals surface area contributed by atoms with Crippen molar-refractivity contribution in [2.75, 3.05) is 26.4 Å². The fourth-order valence-electron chi connectivity index (χ4n) is 10.4. The van der Waals surface area contributed by atoms with Crippen LogP contribution in [0.15, 0.2) is 72.8 Å². The van der Waals surface area contributed by atoms with Crippen LogP contribution < -0.4 is 18.9 Å². The molecular weight excluding hydrogens is 945 g/mol. The highest BCUT2D eigenvalue weighted by molar-refractivity contribution is 6.07. The van der Waals surface area contributed by atoms with Crippen molar-refractivity contribution in [2.45, 2.75) is 182 Å². The van der Waals surface area contributed by atoms with Crippen LogP contribution in [0.25, 0.3) is 89.7 Å². The minimum absolute atomic E-state index is 0.522. The molecule has 0 spiro atoms. The molecule has 2 aliphatic rings. The zero-order chi connectivity index (χ0) is 52.3. The minimum atomic E-state index is 0.522. The van der Waals surface area contributed by atoms with E-state index in [4.69, 9.17) is 48.9 Å². The third-order valence-corrected chi connectivity index (χ3v) is 14.8. The Morgan fingerprint density at radius 1 is 0.276 bits per heavy atom. The Morgan fingerprint density at radius 2 is 0.553 bits per heavy atom. The largest absolute Gasteiger partial charge is 0.494 e. The van der Waals surface area contributed by atoms with Gasteiger partial charge in [0.25, 0.3) is 0 Å². The van der Waals surface area contributed by atoms with E-state index < -0.39 is 0 Å². The van der Waals surface area contributed by atoms with Gasteiger partial charge in [0, 0.05) is 43.8 Å². The summed E-state index contributed by atoms with van der Waals surface area (Å²) in [6.45, 7) is 11.6. The molecule has 3 aromatic heterocycles. The SMILES string of the molecule is CCCCCCCCOc1ccc2c(c1)-c1nc-2nc2[nH]c(nc3nc(nc4[nH]c(n1)c1ccc(OCCCCCCCC)cc41)-c1cc(OCCCCCCCC)ccc1-3)c1cc(OCCCCCCCC)ccc21. The van der Waals surface area contributed by atoms with E-state index in [1.165, 1.54) is 103 Å². The Balaban J connectivity index is 1.17. The van der Waals surface area contributed by atoms with Crippen LogP contribution in [0.2, 0.25) is 0 Å². The fourth-order valence-corrected chi connectivity index (χ4v) is 10.4. The van der Waals surface area contributed by atoms with Crippen molar-refractivity contribution >= 4 is 44.1 Å². The lowest BCUT2D eigenvalue weighted by atomic mass is 10.1. The van der Waals surface area contributed by atoms with E-state index in [9.17, 15) is 0 Å². The number of nitrogens with zero attached hydrogens (tertiary/aromatic N) is 6. The molecule has 0 fully saturated rings. The smallest absolute Gasteiger partial charge is 0.164 e. The first-order valence-electron chi connectivity index (χ1n) is 29.4. The number of benzene rings is 4. The average molecular weight is 1030 g/mol. The summed E-state index contributed by atoms with van der Waals surface area (Å²) in [6, 6.07) is 24.6. The lowest BCUT2D eigenvalue weighted by Crippen LogP contribution is -1.97. The van der Waals surface area contributed by atoms with E-state index in [0.717, 1.165) is 118 Å². The van der Waals surface area contributed by atoms with Gasteiger partial charge in [0.2, 0.25) is 0 Å². The zero-order valence-corrected chi connectivity index (χ0v) is 46.0. The van der Waals surface area contributed by atoms with Crippen LogP contribution in [-0.4, -0.2) is 66.3 Å². The maximum Gasteiger partial charge on any atom is 0.164 e. The normalized spacial score (nSPS) is 11.8. The highest BCUT2D eigenvalue weighted by Gasteiger charge is 2.24. The van der Waals surface area contributed by atoms with Crippen molar-refractivity contribution in [1.82, 2.24) is 39.9 Å². The van der Waals surface area contributed by atoms with Crippen molar-refractivity contribution in [2.24, 2.45) is 0 Å². The molecule has 0 aliphatic carbocycles. The Morgan fingerprint density at radius 3 is 0.895 bits per heavy atom. The highest BCUT2D eigenvalue weighted by atomic mass is 16.5. The minimum Gasteiger partial charge on any atom is -0.494 e. The van der Waals surface area contributed by atoms with Crippen molar-refractivity contribution in [1.29, 1.82) is 0 Å². The predicted octanol–water partition coefficient (Wildman–Crippen LogP) is 17.8. The van der Waals surface area contributed by atoms with Crippen molar-refractivity contribution < 1.29 is 18.9 Å². The molecule has 9 rings (SSSR count). The van der Waals surface area contributed by atoms with Gasteiger partial charge in [0.05, 0.1) is 26.4 Å². The second-order valence-corrected chi connectivity index (χ2v) is 20.9. The van der Waals surface area contributed by atoms with E-state index in [0.29, 0.717) is 72.3 Å². The zero-order valence-electron chi connectivity index (χ0n) is 46.0. The van der Waals surface area contributed by atoms with Gasteiger partial charge in [0.1, 0.15) is 45.6 Å². The summed E-state index contributed by atoms with van der Waals surface area (Å²) < 4.78 is 25.7. The topological polar surface area (TPSA) is 146 Å². The second-order valence-electron chi connectivity index (χ2n) is 20.9. The summed E-state index contributed by atoms with van der Waals surface area (Å²) in [5.41, 5.74) is 5.88. The van der Waals surface area contributed by atoms with Gasteiger partial charge >= 0.3 is 0 Å². The molecule has 0 unspecified atom stereocenters. The first kappa shape index (κ1) is 54.2. The summed E-state index contributed by atoms with van der Waals surface area (Å²) in [7, 11) is 0. The molecule has 7 aromatic rings. The second kappa shape index (κ2) is 28.0. The standard InChI is InChI=1S/C64H82N8O4/c1-5-9-13-17-21-25-37-73-45-29-33-49-53(41-45)61-66-57(49)65-58-50-34-30-46(74-38-26-22-18-14-10-6-2)42-54(50)62(67-58)69-60-52-36-32-48(76-40-28-24-20-16-12-8-4)44-56(52)64(71-60)72-63-55-43-47(31-35-51(55)59(68-61)70-63)75-39-27-23-19-15-11-7-3/h29-36,41-44H,5-28,37-40H2,1-4H3,(H2,65,66,67,68,69,70,71,72). The third-order valence-electron chi connectivity index (χ3n) is 14.8. The third kappa shape index (κ3) is 14.1. The fraction of sp³-hybridized carbons (Fsp3) is 0.500. The molecule has 76 heavy (non-hydrogen) atoms. The van der Waals surface area contributed by atoms with E-state index in [-0.39, 0.29) is 0 Å². The Labute approximate surface area is 450 Å². The van der Waals surface area contributed by atoms with Gasteiger partial charge in [-0.15, -0.1) is 0 Å². The molecule has 0 saturated heterocycles. The summed E-state index contributed by atoms with van der Waals surface area (Å²) >= 11 is 0. The summed E-state index contributed by atoms with van der Waals surface area (Å²) in [5.74, 6) is 5.25. The van der Waals surface area contributed by atoms with Crippen molar-refractivity contribution in [3.63, 3.8) is 0 Å². The van der Waals surface area contributed by atoms with Gasteiger partial charge in [-0.3, -0.25) is 0 Å². The average Bonchev–Trinajstić information content (AvgIpc) is 4.20. The molecule has 8 bridgehead atoms. The number of rotatable bonds is 32. The van der Waals surface area contributed by atoms with E-state index in [1.807, 2.05) is 24.3 Å². The maximum atomic E-state index is 6.43. The van der Waals surface area contributed by atoms with Crippen molar-refractivity contribution in [3.05, 3.63) is 72.8 Å². The van der Waals surface area contributed by atoms with E-state index in [1.54, 1.807) is 0 Å². The molecule has 402 valence electrons. The monoisotopic (exact) mass is 1030 g/mol. The maximum absolute atomic E-state index is 6.43. The molecule has 0 saturated carbocycles. The summed E-state index contributed by atoms with van der Waals surface area (Å²) in [5, 5.41) is 3.52. The molecule has 0 amide bonds. The van der Waals surface area contributed by atoms with Crippen LogP contribution in [0.4, 0.5) is 0 Å². The molecule has 2 N–H and O–H groups in total. The number of hydrogen-bond acceptors (Lipinski definition) is 10. The van der Waals surface area contributed by atoms with Gasteiger partial charge < -0.3 is 28.9 Å². The molecular formula is C64H82N8O4. The summed E-state index contributed by atoms with van der Waals surface area (Å²) in [4.78, 5) is 39.1. The summed E-state index contributed by atoms with van der Waals surface area (Å²) in [6.07, 6.45) is 28.7.